The number of aromatic nitrogens is 2. The minimum absolute atomic E-state index is 0.295. The molecule has 6 heteroatoms. The second-order valence-electron chi connectivity index (χ2n) is 7.54. The molecule has 5 rings (SSSR count). The van der Waals surface area contributed by atoms with E-state index in [1.807, 2.05) is 49.5 Å². The fourth-order valence-electron chi connectivity index (χ4n) is 3.91. The van der Waals surface area contributed by atoms with Crippen molar-refractivity contribution in [3.63, 3.8) is 0 Å². The highest BCUT2D eigenvalue weighted by Crippen LogP contribution is 2.37. The summed E-state index contributed by atoms with van der Waals surface area (Å²) in [7, 11) is -1.70. The zero-order valence-electron chi connectivity index (χ0n) is 16.9. The largest absolute Gasteiger partial charge is 0.497 e. The summed E-state index contributed by atoms with van der Waals surface area (Å²) in [5.41, 5.74) is 5.77. The molecule has 0 aliphatic carbocycles. The van der Waals surface area contributed by atoms with E-state index in [1.165, 1.54) is 6.26 Å². The lowest BCUT2D eigenvalue weighted by Crippen LogP contribution is -1.97. The van der Waals surface area contributed by atoms with Crippen molar-refractivity contribution in [2.45, 2.75) is 11.8 Å². The molecule has 2 aromatic heterocycles. The first kappa shape index (κ1) is 18.6. The quantitative estimate of drug-likeness (QED) is 0.414. The number of ether oxygens (including phenoxy) is 1. The van der Waals surface area contributed by atoms with Crippen molar-refractivity contribution < 1.29 is 13.2 Å². The van der Waals surface area contributed by atoms with Gasteiger partial charge in [0.15, 0.2) is 9.84 Å². The Morgan fingerprint density at radius 1 is 0.933 bits per heavy atom. The van der Waals surface area contributed by atoms with Crippen molar-refractivity contribution in [1.29, 1.82) is 0 Å². The van der Waals surface area contributed by atoms with E-state index in [-0.39, 0.29) is 0 Å². The Kier molecular flexibility index (Phi) is 4.08. The van der Waals surface area contributed by atoms with Crippen LogP contribution in [0.15, 0.2) is 71.8 Å². The van der Waals surface area contributed by atoms with Crippen LogP contribution in [-0.2, 0) is 9.84 Å². The minimum atomic E-state index is -3.33. The van der Waals surface area contributed by atoms with Gasteiger partial charge in [-0.2, -0.15) is 0 Å². The number of rotatable bonds is 3. The van der Waals surface area contributed by atoms with Crippen LogP contribution in [0.25, 0.3) is 38.6 Å². The predicted molar refractivity (Wildman–Crippen MR) is 120 cm³/mol. The maximum Gasteiger partial charge on any atom is 0.175 e. The second-order valence-corrected chi connectivity index (χ2v) is 9.56. The third kappa shape index (κ3) is 2.92. The van der Waals surface area contributed by atoms with Gasteiger partial charge in [0, 0.05) is 17.8 Å². The topological polar surface area (TPSA) is 60.7 Å². The zero-order chi connectivity index (χ0) is 21.0. The molecule has 3 aromatic carbocycles. The summed E-state index contributed by atoms with van der Waals surface area (Å²) in [6, 6.07) is 19.2. The van der Waals surface area contributed by atoms with E-state index in [0.29, 0.717) is 4.90 Å². The van der Waals surface area contributed by atoms with Gasteiger partial charge in [0.05, 0.1) is 23.0 Å². The Balaban J connectivity index is 1.93. The van der Waals surface area contributed by atoms with Crippen molar-refractivity contribution >= 4 is 37.3 Å². The predicted octanol–water partition coefficient (Wildman–Crippen LogP) is 5.03. The molecule has 150 valence electrons. The maximum atomic E-state index is 12.2. The van der Waals surface area contributed by atoms with E-state index < -0.39 is 9.84 Å². The maximum absolute atomic E-state index is 12.2. The fourth-order valence-corrected chi connectivity index (χ4v) is 4.56. The highest BCUT2D eigenvalue weighted by Gasteiger charge is 2.16. The smallest absolute Gasteiger partial charge is 0.175 e. The third-order valence-corrected chi connectivity index (χ3v) is 6.58. The number of methoxy groups -OCH3 is 1. The zero-order valence-corrected chi connectivity index (χ0v) is 17.7. The van der Waals surface area contributed by atoms with Crippen LogP contribution in [0.3, 0.4) is 0 Å². The number of benzene rings is 3. The van der Waals surface area contributed by atoms with E-state index in [0.717, 1.165) is 49.9 Å². The number of hydrogen-bond acceptors (Lipinski definition) is 4. The first-order valence-corrected chi connectivity index (χ1v) is 11.4. The molecule has 0 aliphatic rings. The molecule has 0 atom stereocenters. The van der Waals surface area contributed by atoms with Crippen LogP contribution in [0.2, 0.25) is 0 Å². The van der Waals surface area contributed by atoms with E-state index >= 15 is 0 Å². The van der Waals surface area contributed by atoms with Crippen LogP contribution in [0.5, 0.6) is 5.75 Å². The Bertz CT molecular complexity index is 1550. The van der Waals surface area contributed by atoms with Gasteiger partial charge in [0.25, 0.3) is 0 Å². The van der Waals surface area contributed by atoms with Gasteiger partial charge in [0.1, 0.15) is 11.4 Å². The molecule has 0 aliphatic heterocycles. The van der Waals surface area contributed by atoms with Crippen LogP contribution in [0, 0.1) is 6.92 Å². The summed E-state index contributed by atoms with van der Waals surface area (Å²) in [5.74, 6) is 0.770. The van der Waals surface area contributed by atoms with Crippen molar-refractivity contribution in [2.24, 2.45) is 0 Å². The molecule has 0 fully saturated rings. The number of fused-ring (bicyclic) bond motifs is 5. The Morgan fingerprint density at radius 3 is 2.40 bits per heavy atom. The van der Waals surface area contributed by atoms with E-state index in [9.17, 15) is 8.42 Å². The molecule has 0 saturated carbocycles. The molecule has 5 aromatic rings. The molecule has 0 radical (unpaired) electrons. The molecule has 0 N–H and O–H groups in total. The van der Waals surface area contributed by atoms with Crippen molar-refractivity contribution in [1.82, 2.24) is 9.38 Å². The Hall–Kier alpha value is -3.38. The lowest BCUT2D eigenvalue weighted by Gasteiger charge is -2.11. The summed E-state index contributed by atoms with van der Waals surface area (Å²) in [5, 5.41) is 1.78. The molecule has 0 unspecified atom stereocenters. The summed E-state index contributed by atoms with van der Waals surface area (Å²) >= 11 is 0. The van der Waals surface area contributed by atoms with Gasteiger partial charge < -0.3 is 4.74 Å². The SMILES string of the molecule is COc1ccc(-c2cc3c(nc4cc(C)ccn43)c3ccc(S(C)(=O)=O)cc23)cc1. The Morgan fingerprint density at radius 2 is 1.70 bits per heavy atom. The summed E-state index contributed by atoms with van der Waals surface area (Å²) in [6.07, 6.45) is 3.25. The van der Waals surface area contributed by atoms with E-state index in [4.69, 9.17) is 9.72 Å². The van der Waals surface area contributed by atoms with Gasteiger partial charge in [0.2, 0.25) is 0 Å². The lowest BCUT2D eigenvalue weighted by atomic mass is 9.97. The molecule has 30 heavy (non-hydrogen) atoms. The molecule has 0 bridgehead atoms. The molecular weight excluding hydrogens is 396 g/mol. The van der Waals surface area contributed by atoms with Gasteiger partial charge in [-0.1, -0.05) is 18.2 Å². The van der Waals surface area contributed by atoms with Crippen molar-refractivity contribution in [3.8, 4) is 16.9 Å². The molecule has 0 amide bonds. The van der Waals surface area contributed by atoms with Gasteiger partial charge in [-0.05, 0) is 71.5 Å². The molecular formula is C24H20N2O3S. The van der Waals surface area contributed by atoms with Crippen LogP contribution in [-0.4, -0.2) is 31.2 Å². The van der Waals surface area contributed by atoms with E-state index in [2.05, 4.69) is 16.5 Å². The van der Waals surface area contributed by atoms with Gasteiger partial charge >= 0.3 is 0 Å². The number of aryl methyl sites for hydroxylation is 1. The fraction of sp³-hybridized carbons (Fsp3) is 0.125. The van der Waals surface area contributed by atoms with E-state index in [1.54, 1.807) is 19.2 Å². The number of imidazole rings is 1. The third-order valence-electron chi connectivity index (χ3n) is 5.47. The average Bonchev–Trinajstić information content (AvgIpc) is 3.09. The first-order chi connectivity index (χ1) is 14.3. The average molecular weight is 417 g/mol. The first-order valence-electron chi connectivity index (χ1n) is 9.55. The Labute approximate surface area is 174 Å². The standard InChI is InChI=1S/C24H20N2O3S/c1-15-10-11-26-22-14-20(16-4-6-17(29-2)7-5-16)21-13-18(30(3,27)28)8-9-19(21)24(22)25-23(26)12-15/h4-14H,1-3H3. The van der Waals surface area contributed by atoms with Crippen molar-refractivity contribution in [3.05, 3.63) is 72.4 Å². The highest BCUT2D eigenvalue weighted by molar-refractivity contribution is 7.90. The summed E-state index contributed by atoms with van der Waals surface area (Å²) < 4.78 is 31.8. The summed E-state index contributed by atoms with van der Waals surface area (Å²) in [4.78, 5) is 5.15. The highest BCUT2D eigenvalue weighted by atomic mass is 32.2. The lowest BCUT2D eigenvalue weighted by molar-refractivity contribution is 0.415. The van der Waals surface area contributed by atoms with Gasteiger partial charge in [-0.3, -0.25) is 4.40 Å². The summed E-state index contributed by atoms with van der Waals surface area (Å²) in [6.45, 7) is 2.04. The molecule has 0 saturated heterocycles. The van der Waals surface area contributed by atoms with Gasteiger partial charge in [-0.15, -0.1) is 0 Å². The molecule has 5 nitrogen and oxygen atoms in total. The molecule has 2 heterocycles. The van der Waals surface area contributed by atoms with Crippen LogP contribution in [0.1, 0.15) is 5.56 Å². The van der Waals surface area contributed by atoms with Crippen LogP contribution < -0.4 is 4.74 Å². The monoisotopic (exact) mass is 416 g/mol. The second kappa shape index (κ2) is 6.57. The number of sulfone groups is 1. The van der Waals surface area contributed by atoms with Crippen LogP contribution in [0.4, 0.5) is 0 Å². The number of hydrogen-bond donors (Lipinski definition) is 0. The number of nitrogens with zero attached hydrogens (tertiary/aromatic N) is 2. The van der Waals surface area contributed by atoms with Gasteiger partial charge in [-0.25, -0.2) is 13.4 Å². The molecule has 0 spiro atoms. The van der Waals surface area contributed by atoms with Crippen LogP contribution >= 0.6 is 0 Å². The normalized spacial score (nSPS) is 12.1. The minimum Gasteiger partial charge on any atom is -0.497 e. The van der Waals surface area contributed by atoms with Crippen molar-refractivity contribution in [2.75, 3.05) is 13.4 Å². The number of pyridine rings is 1.